The second-order valence-electron chi connectivity index (χ2n) is 8.69. The molecule has 3 aromatic carbocycles. The van der Waals surface area contributed by atoms with E-state index in [2.05, 4.69) is 16.4 Å². The Labute approximate surface area is 238 Å². The van der Waals surface area contributed by atoms with Crippen molar-refractivity contribution in [1.29, 1.82) is 0 Å². The van der Waals surface area contributed by atoms with E-state index >= 15 is 0 Å². The fourth-order valence-corrected chi connectivity index (χ4v) is 7.54. The summed E-state index contributed by atoms with van der Waals surface area (Å²) in [6.07, 6.45) is 2.26. The lowest BCUT2D eigenvalue weighted by atomic mass is 10.1. The van der Waals surface area contributed by atoms with Gasteiger partial charge in [-0.3, -0.25) is 0 Å². The van der Waals surface area contributed by atoms with Gasteiger partial charge in [-0.2, -0.15) is 4.31 Å². The zero-order valence-corrected chi connectivity index (χ0v) is 24.6. The lowest BCUT2D eigenvalue weighted by Gasteiger charge is -2.20. The van der Waals surface area contributed by atoms with Gasteiger partial charge in [-0.05, 0) is 53.2 Å². The average molecular weight is 659 g/mol. The van der Waals surface area contributed by atoms with Crippen LogP contribution in [0, 0.1) is 16.8 Å². The van der Waals surface area contributed by atoms with Gasteiger partial charge in [-0.25, -0.2) is 20.8 Å². The molecule has 0 fully saturated rings. The van der Waals surface area contributed by atoms with Gasteiger partial charge in [0.1, 0.15) is 0 Å². The van der Waals surface area contributed by atoms with E-state index in [-0.39, 0.29) is 22.9 Å². The fourth-order valence-electron chi connectivity index (χ4n) is 4.42. The fraction of sp³-hybridized carbons (Fsp3) is 0.172. The van der Waals surface area contributed by atoms with Crippen molar-refractivity contribution in [3.05, 3.63) is 108 Å². The molecule has 9 heteroatoms. The largest absolute Gasteiger partial charge is 0.268 e. The summed E-state index contributed by atoms with van der Waals surface area (Å²) in [6, 6.07) is 22.3. The van der Waals surface area contributed by atoms with Crippen LogP contribution in [0.3, 0.4) is 0 Å². The van der Waals surface area contributed by atoms with Crippen LogP contribution in [0.4, 0.5) is 0 Å². The minimum atomic E-state index is -3.91. The SMILES string of the molecule is C=CCc1c(CCN(CC#CI)S(=O)(=O)c2ccc(C)cc2)c2ccccc2n1S(=O)(=O)c1ccccc1. The molecule has 1 aromatic heterocycles. The van der Waals surface area contributed by atoms with Crippen molar-refractivity contribution in [2.45, 2.75) is 29.6 Å². The van der Waals surface area contributed by atoms with Gasteiger partial charge in [0.2, 0.25) is 10.0 Å². The molecule has 0 radical (unpaired) electrons. The van der Waals surface area contributed by atoms with Gasteiger partial charge in [0.05, 0.1) is 21.9 Å². The summed E-state index contributed by atoms with van der Waals surface area (Å²) >= 11 is 1.89. The summed E-state index contributed by atoms with van der Waals surface area (Å²) in [7, 11) is -7.73. The number of aryl methyl sites for hydroxylation is 1. The van der Waals surface area contributed by atoms with E-state index in [1.165, 1.54) is 8.28 Å². The summed E-state index contributed by atoms with van der Waals surface area (Å²) in [4.78, 5) is 0.372. The first-order valence-electron chi connectivity index (χ1n) is 11.9. The lowest BCUT2D eigenvalue weighted by Crippen LogP contribution is -2.33. The Balaban J connectivity index is 1.82. The topological polar surface area (TPSA) is 76.5 Å². The molecule has 0 saturated carbocycles. The number of rotatable bonds is 10. The molecule has 196 valence electrons. The van der Waals surface area contributed by atoms with Crippen LogP contribution in [-0.4, -0.2) is 38.2 Å². The monoisotopic (exact) mass is 658 g/mol. The molecule has 1 heterocycles. The number of hydrogen-bond donors (Lipinski definition) is 0. The van der Waals surface area contributed by atoms with Gasteiger partial charge < -0.3 is 0 Å². The van der Waals surface area contributed by atoms with Gasteiger partial charge in [0.25, 0.3) is 10.0 Å². The first-order chi connectivity index (χ1) is 18.2. The second kappa shape index (κ2) is 11.9. The molecule has 0 atom stereocenters. The number of allylic oxidation sites excluding steroid dienone is 1. The zero-order chi connectivity index (χ0) is 27.3. The van der Waals surface area contributed by atoms with Crippen molar-refractivity contribution in [3.63, 3.8) is 0 Å². The van der Waals surface area contributed by atoms with Crippen molar-refractivity contribution < 1.29 is 16.8 Å². The van der Waals surface area contributed by atoms with Crippen molar-refractivity contribution in [3.8, 4) is 9.85 Å². The molecule has 4 aromatic rings. The summed E-state index contributed by atoms with van der Waals surface area (Å²) in [6.45, 7) is 5.91. The third-order valence-corrected chi connectivity index (χ3v) is 10.3. The van der Waals surface area contributed by atoms with Gasteiger partial charge in [-0.15, -0.1) is 6.58 Å². The highest BCUT2D eigenvalue weighted by Crippen LogP contribution is 2.32. The normalized spacial score (nSPS) is 11.9. The predicted octanol–water partition coefficient (Wildman–Crippen LogP) is 5.54. The first kappa shape index (κ1) is 28.1. The molecule has 6 nitrogen and oxygen atoms in total. The van der Waals surface area contributed by atoms with Crippen molar-refractivity contribution >= 4 is 53.5 Å². The first-order valence-corrected chi connectivity index (χ1v) is 15.9. The lowest BCUT2D eigenvalue weighted by molar-refractivity contribution is 0.449. The van der Waals surface area contributed by atoms with Crippen LogP contribution in [-0.2, 0) is 32.9 Å². The number of benzene rings is 3. The Kier molecular flexibility index (Phi) is 8.78. The van der Waals surface area contributed by atoms with Crippen LogP contribution in [0.1, 0.15) is 16.8 Å². The number of halogens is 1. The Morgan fingerprint density at radius 2 is 1.58 bits per heavy atom. The molecule has 0 N–H and O–H groups in total. The maximum absolute atomic E-state index is 13.8. The summed E-state index contributed by atoms with van der Waals surface area (Å²) in [5.74, 6) is 2.87. The van der Waals surface area contributed by atoms with Crippen LogP contribution >= 0.6 is 22.6 Å². The number of sulfonamides is 1. The third kappa shape index (κ3) is 5.59. The maximum Gasteiger partial charge on any atom is 0.268 e. The molecule has 0 amide bonds. The van der Waals surface area contributed by atoms with Gasteiger partial charge >= 0.3 is 0 Å². The van der Waals surface area contributed by atoms with Gasteiger partial charge in [0, 0.05) is 46.6 Å². The van der Waals surface area contributed by atoms with Gasteiger partial charge in [0.15, 0.2) is 0 Å². The molecule has 0 saturated heterocycles. The molecule has 0 unspecified atom stereocenters. The zero-order valence-electron chi connectivity index (χ0n) is 20.8. The Hall–Kier alpha value is -2.91. The number of fused-ring (bicyclic) bond motifs is 1. The van der Waals surface area contributed by atoms with Crippen molar-refractivity contribution in [1.82, 2.24) is 8.28 Å². The highest BCUT2D eigenvalue weighted by Gasteiger charge is 2.28. The minimum absolute atomic E-state index is 0.0247. The molecular weight excluding hydrogens is 631 g/mol. The number of para-hydroxylation sites is 1. The predicted molar refractivity (Wildman–Crippen MR) is 160 cm³/mol. The standard InChI is InChI=1S/C29H27IN2O4S2/c1-3-10-28-27(19-22-31(21-9-20-30)37(33,34)25-17-15-23(2)16-18-25)26-13-7-8-14-29(26)32(28)38(35,36)24-11-5-4-6-12-24/h3-8,11-18H,1,10,19,21-22H2,2H3. The highest BCUT2D eigenvalue weighted by molar-refractivity contribution is 14.1. The van der Waals surface area contributed by atoms with Crippen LogP contribution < -0.4 is 0 Å². The summed E-state index contributed by atoms with van der Waals surface area (Å²) < 4.78 is 60.2. The number of nitrogens with zero attached hydrogens (tertiary/aromatic N) is 2. The molecule has 0 aliphatic rings. The molecule has 38 heavy (non-hydrogen) atoms. The van der Waals surface area contributed by atoms with Crippen LogP contribution in [0.5, 0.6) is 0 Å². The Bertz CT molecular complexity index is 1730. The van der Waals surface area contributed by atoms with Crippen molar-refractivity contribution in [2.24, 2.45) is 0 Å². The van der Waals surface area contributed by atoms with E-state index in [0.717, 1.165) is 16.5 Å². The van der Waals surface area contributed by atoms with Crippen LogP contribution in [0.2, 0.25) is 0 Å². The van der Waals surface area contributed by atoms with Crippen LogP contribution in [0.25, 0.3) is 10.9 Å². The van der Waals surface area contributed by atoms with E-state index in [4.69, 9.17) is 0 Å². The summed E-state index contributed by atoms with van der Waals surface area (Å²) in [5, 5.41) is 0.761. The third-order valence-electron chi connectivity index (χ3n) is 6.25. The second-order valence-corrected chi connectivity index (χ2v) is 13.0. The quantitative estimate of drug-likeness (QED) is 0.127. The highest BCUT2D eigenvalue weighted by atomic mass is 127. The molecule has 0 spiro atoms. The molecular formula is C29H27IN2O4S2. The van der Waals surface area contributed by atoms with Gasteiger partial charge in [-0.1, -0.05) is 66.1 Å². The van der Waals surface area contributed by atoms with Crippen LogP contribution in [0.15, 0.2) is 101 Å². The average Bonchev–Trinajstić information content (AvgIpc) is 3.23. The smallest absolute Gasteiger partial charge is 0.237 e. The van der Waals surface area contributed by atoms with E-state index in [0.29, 0.717) is 24.1 Å². The van der Waals surface area contributed by atoms with E-state index in [1.54, 1.807) is 72.8 Å². The maximum atomic E-state index is 13.8. The Morgan fingerprint density at radius 1 is 0.921 bits per heavy atom. The molecule has 4 rings (SSSR count). The molecule has 0 aliphatic heterocycles. The Morgan fingerprint density at radius 3 is 2.24 bits per heavy atom. The number of hydrogen-bond acceptors (Lipinski definition) is 4. The van der Waals surface area contributed by atoms with E-state index < -0.39 is 20.0 Å². The molecule has 0 aliphatic carbocycles. The molecule has 0 bridgehead atoms. The van der Waals surface area contributed by atoms with E-state index in [1.807, 2.05) is 41.6 Å². The van der Waals surface area contributed by atoms with E-state index in [9.17, 15) is 16.8 Å². The van der Waals surface area contributed by atoms with Crippen molar-refractivity contribution in [2.75, 3.05) is 13.1 Å². The number of aromatic nitrogens is 1. The summed E-state index contributed by atoms with van der Waals surface area (Å²) in [5.41, 5.74) is 2.84. The minimum Gasteiger partial charge on any atom is -0.237 e.